The van der Waals surface area contributed by atoms with E-state index in [1.807, 2.05) is 47.0 Å². The van der Waals surface area contributed by atoms with E-state index in [9.17, 15) is 0 Å². The lowest BCUT2D eigenvalue weighted by Crippen LogP contribution is -2.00. The molecule has 0 bridgehead atoms. The van der Waals surface area contributed by atoms with E-state index in [4.69, 9.17) is 10.5 Å². The molecule has 3 aromatic rings. The Labute approximate surface area is 119 Å². The maximum absolute atomic E-state index is 5.87. The third kappa shape index (κ3) is 2.29. The molecule has 0 saturated carbocycles. The number of anilines is 1. The van der Waals surface area contributed by atoms with Crippen LogP contribution in [0.25, 0.3) is 5.65 Å². The number of halogens is 1. The molecule has 0 saturated heterocycles. The molecule has 4 nitrogen and oxygen atoms in total. The molecule has 0 radical (unpaired) electrons. The number of hydrogen-bond acceptors (Lipinski definition) is 3. The number of pyridine rings is 1. The van der Waals surface area contributed by atoms with Gasteiger partial charge in [-0.3, -0.25) is 4.40 Å². The molecule has 0 atom stereocenters. The summed E-state index contributed by atoms with van der Waals surface area (Å²) in [7, 11) is 0. The van der Waals surface area contributed by atoms with Crippen LogP contribution in [0, 0.1) is 0 Å². The fourth-order valence-corrected chi connectivity index (χ4v) is 2.30. The molecule has 0 aliphatic rings. The van der Waals surface area contributed by atoms with E-state index in [1.165, 1.54) is 0 Å². The first-order chi connectivity index (χ1) is 9.25. The first-order valence-electron chi connectivity index (χ1n) is 5.83. The Hall–Kier alpha value is -2.01. The molecule has 96 valence electrons. The van der Waals surface area contributed by atoms with Gasteiger partial charge < -0.3 is 10.5 Å². The number of ether oxygens (including phenoxy) is 1. The molecule has 0 amide bonds. The number of benzene rings is 1. The van der Waals surface area contributed by atoms with Gasteiger partial charge in [-0.1, -0.05) is 12.1 Å². The number of rotatable bonds is 3. The maximum atomic E-state index is 5.87. The molecule has 3 rings (SSSR count). The van der Waals surface area contributed by atoms with Gasteiger partial charge >= 0.3 is 0 Å². The maximum Gasteiger partial charge on any atom is 0.160 e. The lowest BCUT2D eigenvalue weighted by molar-refractivity contribution is 0.298. The van der Waals surface area contributed by atoms with Gasteiger partial charge in [-0.25, -0.2) is 4.98 Å². The minimum Gasteiger partial charge on any atom is -0.486 e. The van der Waals surface area contributed by atoms with Crippen molar-refractivity contribution in [1.29, 1.82) is 0 Å². The first kappa shape index (κ1) is 12.0. The van der Waals surface area contributed by atoms with Crippen molar-refractivity contribution in [3.8, 4) is 5.75 Å². The van der Waals surface area contributed by atoms with Crippen LogP contribution in [-0.4, -0.2) is 9.38 Å². The Morgan fingerprint density at radius 2 is 2.05 bits per heavy atom. The Balaban J connectivity index is 1.87. The third-order valence-electron chi connectivity index (χ3n) is 2.85. The van der Waals surface area contributed by atoms with Crippen molar-refractivity contribution < 1.29 is 4.74 Å². The van der Waals surface area contributed by atoms with Gasteiger partial charge in [-0.2, -0.15) is 0 Å². The summed E-state index contributed by atoms with van der Waals surface area (Å²) in [6, 6.07) is 11.5. The number of nitrogens with two attached hydrogens (primary N) is 1. The standard InChI is InChI=1S/C14H12BrN3O/c15-11-4-1-2-6-13(11)19-9-10-8-17-14-12(16)5-3-7-18(10)14/h1-8H,9,16H2. The highest BCUT2D eigenvalue weighted by atomic mass is 79.9. The Morgan fingerprint density at radius 1 is 1.21 bits per heavy atom. The van der Waals surface area contributed by atoms with Gasteiger partial charge in [0.15, 0.2) is 5.65 Å². The van der Waals surface area contributed by atoms with Crippen LogP contribution in [0.2, 0.25) is 0 Å². The van der Waals surface area contributed by atoms with Crippen molar-refractivity contribution >= 4 is 27.3 Å². The molecule has 2 aromatic heterocycles. The molecule has 0 aliphatic heterocycles. The lowest BCUT2D eigenvalue weighted by atomic mass is 10.3. The number of para-hydroxylation sites is 1. The summed E-state index contributed by atoms with van der Waals surface area (Å²) in [5.41, 5.74) is 8.25. The highest BCUT2D eigenvalue weighted by Crippen LogP contribution is 2.25. The van der Waals surface area contributed by atoms with Crippen LogP contribution in [0.3, 0.4) is 0 Å². The van der Waals surface area contributed by atoms with Crippen molar-refractivity contribution in [3.05, 3.63) is 59.0 Å². The predicted molar refractivity (Wildman–Crippen MR) is 78.1 cm³/mol. The summed E-state index contributed by atoms with van der Waals surface area (Å²) in [5, 5.41) is 0. The zero-order valence-electron chi connectivity index (χ0n) is 10.1. The topological polar surface area (TPSA) is 52.5 Å². The van der Waals surface area contributed by atoms with E-state index >= 15 is 0 Å². The Kier molecular flexibility index (Phi) is 3.13. The third-order valence-corrected chi connectivity index (χ3v) is 3.51. The summed E-state index contributed by atoms with van der Waals surface area (Å²) >= 11 is 3.45. The summed E-state index contributed by atoms with van der Waals surface area (Å²) in [5.74, 6) is 0.807. The van der Waals surface area contributed by atoms with Gasteiger partial charge in [0.1, 0.15) is 12.4 Å². The van der Waals surface area contributed by atoms with E-state index in [2.05, 4.69) is 20.9 Å². The largest absolute Gasteiger partial charge is 0.486 e. The van der Waals surface area contributed by atoms with Crippen LogP contribution in [0.15, 0.2) is 53.3 Å². The molecule has 2 heterocycles. The number of fused-ring (bicyclic) bond motifs is 1. The minimum absolute atomic E-state index is 0.438. The van der Waals surface area contributed by atoms with Gasteiger partial charge in [-0.05, 0) is 40.2 Å². The fraction of sp³-hybridized carbons (Fsp3) is 0.0714. The highest BCUT2D eigenvalue weighted by molar-refractivity contribution is 9.10. The number of nitrogens with zero attached hydrogens (tertiary/aromatic N) is 2. The zero-order valence-corrected chi connectivity index (χ0v) is 11.7. The Bertz CT molecular complexity index is 724. The molecule has 0 fully saturated rings. The predicted octanol–water partition coefficient (Wildman–Crippen LogP) is 3.26. The van der Waals surface area contributed by atoms with Crippen molar-refractivity contribution in [2.75, 3.05) is 5.73 Å². The average Bonchev–Trinajstić information content (AvgIpc) is 2.83. The second-order valence-corrected chi connectivity index (χ2v) is 4.98. The minimum atomic E-state index is 0.438. The number of nitrogen functional groups attached to an aromatic ring is 1. The van der Waals surface area contributed by atoms with Crippen LogP contribution in [-0.2, 0) is 6.61 Å². The normalized spacial score (nSPS) is 10.8. The molecular formula is C14H12BrN3O. The molecular weight excluding hydrogens is 306 g/mol. The van der Waals surface area contributed by atoms with E-state index in [0.29, 0.717) is 12.3 Å². The molecule has 0 aliphatic carbocycles. The lowest BCUT2D eigenvalue weighted by Gasteiger charge is -2.07. The molecule has 1 aromatic carbocycles. The molecule has 0 unspecified atom stereocenters. The van der Waals surface area contributed by atoms with Gasteiger partial charge in [0.2, 0.25) is 0 Å². The van der Waals surface area contributed by atoms with Crippen LogP contribution in [0.4, 0.5) is 5.69 Å². The fourth-order valence-electron chi connectivity index (χ4n) is 1.90. The summed E-state index contributed by atoms with van der Waals surface area (Å²) in [6.45, 7) is 0.438. The quantitative estimate of drug-likeness (QED) is 0.806. The molecule has 0 spiro atoms. The average molecular weight is 318 g/mol. The second-order valence-electron chi connectivity index (χ2n) is 4.13. The highest BCUT2D eigenvalue weighted by Gasteiger charge is 2.07. The van der Waals surface area contributed by atoms with Crippen LogP contribution in [0.5, 0.6) is 5.75 Å². The van der Waals surface area contributed by atoms with Crippen molar-refractivity contribution in [2.45, 2.75) is 6.61 Å². The summed E-state index contributed by atoms with van der Waals surface area (Å²) < 4.78 is 8.65. The number of aromatic nitrogens is 2. The second kappa shape index (κ2) is 4.93. The van der Waals surface area contributed by atoms with E-state index < -0.39 is 0 Å². The van der Waals surface area contributed by atoms with Crippen LogP contribution >= 0.6 is 15.9 Å². The van der Waals surface area contributed by atoms with Gasteiger partial charge in [-0.15, -0.1) is 0 Å². The van der Waals surface area contributed by atoms with E-state index in [-0.39, 0.29) is 0 Å². The SMILES string of the molecule is Nc1cccn2c(COc3ccccc3Br)cnc12. The summed E-state index contributed by atoms with van der Waals surface area (Å²) in [6.07, 6.45) is 3.71. The van der Waals surface area contributed by atoms with Crippen LogP contribution in [0.1, 0.15) is 5.69 Å². The van der Waals surface area contributed by atoms with E-state index in [0.717, 1.165) is 21.6 Å². The van der Waals surface area contributed by atoms with Crippen molar-refractivity contribution in [1.82, 2.24) is 9.38 Å². The number of hydrogen-bond donors (Lipinski definition) is 1. The molecule has 19 heavy (non-hydrogen) atoms. The molecule has 5 heteroatoms. The van der Waals surface area contributed by atoms with Crippen molar-refractivity contribution in [3.63, 3.8) is 0 Å². The zero-order chi connectivity index (χ0) is 13.2. The smallest absolute Gasteiger partial charge is 0.160 e. The monoisotopic (exact) mass is 317 g/mol. The van der Waals surface area contributed by atoms with E-state index in [1.54, 1.807) is 6.20 Å². The van der Waals surface area contributed by atoms with Crippen molar-refractivity contribution in [2.24, 2.45) is 0 Å². The first-order valence-corrected chi connectivity index (χ1v) is 6.63. The summed E-state index contributed by atoms with van der Waals surface area (Å²) in [4.78, 5) is 4.30. The number of imidazole rings is 1. The van der Waals surface area contributed by atoms with Gasteiger partial charge in [0.05, 0.1) is 22.1 Å². The van der Waals surface area contributed by atoms with Crippen LogP contribution < -0.4 is 10.5 Å². The van der Waals surface area contributed by atoms with Gasteiger partial charge in [0.25, 0.3) is 0 Å². The Morgan fingerprint density at radius 3 is 2.89 bits per heavy atom. The van der Waals surface area contributed by atoms with Gasteiger partial charge in [0, 0.05) is 6.20 Å². The molecule has 2 N–H and O–H groups in total.